The van der Waals surface area contributed by atoms with Crippen molar-refractivity contribution in [3.05, 3.63) is 29.7 Å². The molecule has 2 aromatic heterocycles. The first-order valence-corrected chi connectivity index (χ1v) is 6.57. The highest BCUT2D eigenvalue weighted by atomic mass is 16.1. The van der Waals surface area contributed by atoms with Crippen LogP contribution in [0.15, 0.2) is 18.3 Å². The number of nitrogens with one attached hydrogen (secondary N) is 2. The maximum absolute atomic E-state index is 12.2. The Morgan fingerprint density at radius 2 is 2.21 bits per heavy atom. The second kappa shape index (κ2) is 4.97. The largest absolute Gasteiger partial charge is 0.349 e. The number of hydrogen-bond acceptors (Lipinski definition) is 4. The summed E-state index contributed by atoms with van der Waals surface area (Å²) in [6.45, 7) is 3.81. The summed E-state index contributed by atoms with van der Waals surface area (Å²) in [6.07, 6.45) is 3.80. The predicted octanol–water partition coefficient (Wildman–Crippen LogP) is 0.520. The van der Waals surface area contributed by atoms with Crippen molar-refractivity contribution in [2.45, 2.75) is 25.8 Å². The molecule has 0 spiro atoms. The number of aromatic nitrogens is 3. The Morgan fingerprint density at radius 1 is 1.42 bits per heavy atom. The summed E-state index contributed by atoms with van der Waals surface area (Å²) in [5, 5.41) is 14.4. The van der Waals surface area contributed by atoms with E-state index in [9.17, 15) is 4.79 Å². The smallest absolute Gasteiger partial charge is 0.251 e. The molecule has 2 aromatic rings. The van der Waals surface area contributed by atoms with E-state index in [1.54, 1.807) is 12.1 Å². The van der Waals surface area contributed by atoms with Gasteiger partial charge in [0.1, 0.15) is 5.82 Å². The van der Waals surface area contributed by atoms with Crippen LogP contribution in [0.4, 0.5) is 0 Å². The lowest BCUT2D eigenvalue weighted by molar-refractivity contribution is 0.0929. The first-order valence-electron chi connectivity index (χ1n) is 6.57. The van der Waals surface area contributed by atoms with E-state index in [2.05, 4.69) is 20.8 Å². The fraction of sp³-hybridized carbons (Fsp3) is 0.462. The Bertz CT molecular complexity index is 600. The summed E-state index contributed by atoms with van der Waals surface area (Å²) in [5.74, 6) is 0.787. The van der Waals surface area contributed by atoms with Crippen LogP contribution in [0.5, 0.6) is 0 Å². The molecule has 6 heteroatoms. The van der Waals surface area contributed by atoms with Gasteiger partial charge in [-0.15, -0.1) is 10.2 Å². The predicted molar refractivity (Wildman–Crippen MR) is 71.1 cm³/mol. The van der Waals surface area contributed by atoms with Gasteiger partial charge in [0.2, 0.25) is 0 Å². The molecule has 6 nitrogen and oxygen atoms in total. The van der Waals surface area contributed by atoms with E-state index in [0.717, 1.165) is 31.8 Å². The molecular formula is C13H17N5O. The lowest BCUT2D eigenvalue weighted by Gasteiger charge is -2.23. The van der Waals surface area contributed by atoms with Crippen molar-refractivity contribution in [2.24, 2.45) is 0 Å². The Labute approximate surface area is 111 Å². The number of pyridine rings is 1. The van der Waals surface area contributed by atoms with E-state index < -0.39 is 0 Å². The minimum absolute atomic E-state index is 0.0324. The average molecular weight is 259 g/mol. The van der Waals surface area contributed by atoms with E-state index in [1.807, 2.05) is 17.5 Å². The van der Waals surface area contributed by atoms with Crippen LogP contribution in [-0.2, 0) is 0 Å². The highest BCUT2D eigenvalue weighted by molar-refractivity contribution is 5.95. The van der Waals surface area contributed by atoms with Crippen LogP contribution in [0.1, 0.15) is 29.0 Å². The number of piperidine rings is 1. The molecule has 0 unspecified atom stereocenters. The molecule has 1 fully saturated rings. The zero-order chi connectivity index (χ0) is 13.2. The Balaban J connectivity index is 1.77. The molecule has 1 amide bonds. The first-order chi connectivity index (χ1) is 9.24. The summed E-state index contributed by atoms with van der Waals surface area (Å²) < 4.78 is 1.86. The molecule has 0 saturated carbocycles. The van der Waals surface area contributed by atoms with Crippen LogP contribution in [0, 0.1) is 6.92 Å². The van der Waals surface area contributed by atoms with Gasteiger partial charge >= 0.3 is 0 Å². The molecule has 0 aliphatic carbocycles. The number of nitrogens with zero attached hydrogens (tertiary/aromatic N) is 3. The number of rotatable bonds is 2. The maximum Gasteiger partial charge on any atom is 0.251 e. The zero-order valence-electron chi connectivity index (χ0n) is 10.9. The fourth-order valence-electron chi connectivity index (χ4n) is 2.39. The third-order valence-electron chi connectivity index (χ3n) is 3.52. The highest BCUT2D eigenvalue weighted by Crippen LogP contribution is 2.09. The SMILES string of the molecule is Cc1nnc2cc(C(=O)NC3CCNCC3)ccn12. The number of fused-ring (bicyclic) bond motifs is 1. The first kappa shape index (κ1) is 12.1. The van der Waals surface area contributed by atoms with Gasteiger partial charge in [0.15, 0.2) is 5.65 Å². The molecule has 1 aliphatic heterocycles. The Hall–Kier alpha value is -1.95. The van der Waals surface area contributed by atoms with E-state index in [-0.39, 0.29) is 11.9 Å². The molecule has 0 bridgehead atoms. The Morgan fingerprint density at radius 3 is 3.00 bits per heavy atom. The normalized spacial score (nSPS) is 16.7. The van der Waals surface area contributed by atoms with Gasteiger partial charge in [-0.05, 0) is 45.0 Å². The molecule has 1 aliphatic rings. The number of carbonyl (C=O) groups excluding carboxylic acids is 1. The van der Waals surface area contributed by atoms with E-state index >= 15 is 0 Å². The topological polar surface area (TPSA) is 71.3 Å². The lowest BCUT2D eigenvalue weighted by atomic mass is 10.1. The summed E-state index contributed by atoms with van der Waals surface area (Å²) in [4.78, 5) is 12.2. The number of hydrogen-bond donors (Lipinski definition) is 2. The van der Waals surface area contributed by atoms with E-state index in [1.165, 1.54) is 0 Å². The molecular weight excluding hydrogens is 242 g/mol. The van der Waals surface area contributed by atoms with Crippen molar-refractivity contribution in [3.63, 3.8) is 0 Å². The lowest BCUT2D eigenvalue weighted by Crippen LogP contribution is -2.42. The quantitative estimate of drug-likeness (QED) is 0.825. The average Bonchev–Trinajstić information content (AvgIpc) is 2.81. The third kappa shape index (κ3) is 2.44. The van der Waals surface area contributed by atoms with Gasteiger partial charge < -0.3 is 10.6 Å². The van der Waals surface area contributed by atoms with Gasteiger partial charge in [-0.1, -0.05) is 0 Å². The molecule has 0 radical (unpaired) electrons. The summed E-state index contributed by atoms with van der Waals surface area (Å²) in [6, 6.07) is 3.85. The summed E-state index contributed by atoms with van der Waals surface area (Å²) in [5.41, 5.74) is 1.34. The second-order valence-corrected chi connectivity index (χ2v) is 4.89. The van der Waals surface area contributed by atoms with Crippen LogP contribution >= 0.6 is 0 Å². The maximum atomic E-state index is 12.2. The number of amides is 1. The molecule has 0 atom stereocenters. The molecule has 19 heavy (non-hydrogen) atoms. The van der Waals surface area contributed by atoms with Crippen LogP contribution in [0.2, 0.25) is 0 Å². The van der Waals surface area contributed by atoms with Gasteiger partial charge in [0.25, 0.3) is 5.91 Å². The minimum Gasteiger partial charge on any atom is -0.349 e. The molecule has 2 N–H and O–H groups in total. The highest BCUT2D eigenvalue weighted by Gasteiger charge is 2.16. The third-order valence-corrected chi connectivity index (χ3v) is 3.52. The van der Waals surface area contributed by atoms with Gasteiger partial charge in [-0.2, -0.15) is 0 Å². The van der Waals surface area contributed by atoms with Gasteiger partial charge in [-0.25, -0.2) is 0 Å². The van der Waals surface area contributed by atoms with Crippen LogP contribution in [0.3, 0.4) is 0 Å². The van der Waals surface area contributed by atoms with Gasteiger partial charge in [0, 0.05) is 17.8 Å². The fourth-order valence-corrected chi connectivity index (χ4v) is 2.39. The van der Waals surface area contributed by atoms with Crippen molar-refractivity contribution < 1.29 is 4.79 Å². The molecule has 3 heterocycles. The van der Waals surface area contributed by atoms with Crippen molar-refractivity contribution in [1.82, 2.24) is 25.2 Å². The van der Waals surface area contributed by atoms with Crippen LogP contribution < -0.4 is 10.6 Å². The molecule has 0 aromatic carbocycles. The molecule has 3 rings (SSSR count). The molecule has 100 valence electrons. The zero-order valence-corrected chi connectivity index (χ0v) is 10.9. The van der Waals surface area contributed by atoms with Crippen LogP contribution in [-0.4, -0.2) is 39.6 Å². The Kier molecular flexibility index (Phi) is 3.16. The van der Waals surface area contributed by atoms with Crippen molar-refractivity contribution >= 4 is 11.6 Å². The second-order valence-electron chi connectivity index (χ2n) is 4.89. The molecule has 1 saturated heterocycles. The monoisotopic (exact) mass is 259 g/mol. The van der Waals surface area contributed by atoms with Crippen LogP contribution in [0.25, 0.3) is 5.65 Å². The van der Waals surface area contributed by atoms with Gasteiger partial charge in [-0.3, -0.25) is 9.20 Å². The van der Waals surface area contributed by atoms with E-state index in [0.29, 0.717) is 11.2 Å². The number of carbonyl (C=O) groups is 1. The number of aryl methyl sites for hydroxylation is 1. The van der Waals surface area contributed by atoms with Crippen molar-refractivity contribution in [1.29, 1.82) is 0 Å². The van der Waals surface area contributed by atoms with E-state index in [4.69, 9.17) is 0 Å². The standard InChI is InChI=1S/C13H17N5O/c1-9-16-17-12-8-10(4-7-18(9)12)13(19)15-11-2-5-14-6-3-11/h4,7-8,11,14H,2-3,5-6H2,1H3,(H,15,19). The van der Waals surface area contributed by atoms with Crippen molar-refractivity contribution in [2.75, 3.05) is 13.1 Å². The summed E-state index contributed by atoms with van der Waals surface area (Å²) in [7, 11) is 0. The van der Waals surface area contributed by atoms with Gasteiger partial charge in [0.05, 0.1) is 0 Å². The van der Waals surface area contributed by atoms with Crippen molar-refractivity contribution in [3.8, 4) is 0 Å². The summed E-state index contributed by atoms with van der Waals surface area (Å²) >= 11 is 0. The minimum atomic E-state index is -0.0324.